The maximum absolute atomic E-state index is 13.3. The zero-order valence-electron chi connectivity index (χ0n) is 17.6. The van der Waals surface area contributed by atoms with Gasteiger partial charge in [-0.2, -0.15) is 0 Å². The van der Waals surface area contributed by atoms with E-state index in [9.17, 15) is 4.79 Å². The van der Waals surface area contributed by atoms with Gasteiger partial charge in [0.05, 0.1) is 36.6 Å². The van der Waals surface area contributed by atoms with Gasteiger partial charge in [-0.25, -0.2) is 4.98 Å². The van der Waals surface area contributed by atoms with Crippen molar-refractivity contribution in [3.8, 4) is 0 Å². The molecule has 2 aromatic carbocycles. The zero-order chi connectivity index (χ0) is 21.0. The van der Waals surface area contributed by atoms with Crippen molar-refractivity contribution in [2.24, 2.45) is 0 Å². The summed E-state index contributed by atoms with van der Waals surface area (Å²) in [5.74, 6) is 0.0418. The highest BCUT2D eigenvalue weighted by Crippen LogP contribution is 2.27. The van der Waals surface area contributed by atoms with Crippen molar-refractivity contribution in [1.82, 2.24) is 14.8 Å². The maximum Gasteiger partial charge on any atom is 0.254 e. The molecule has 0 N–H and O–H groups in total. The summed E-state index contributed by atoms with van der Waals surface area (Å²) in [5, 5.41) is 0.889. The summed E-state index contributed by atoms with van der Waals surface area (Å²) in [5.41, 5.74) is 3.65. The van der Waals surface area contributed by atoms with Gasteiger partial charge in [0.1, 0.15) is 6.10 Å². The Balaban J connectivity index is 1.43. The molecule has 3 aromatic rings. The van der Waals surface area contributed by atoms with Gasteiger partial charge in [0.2, 0.25) is 0 Å². The molecule has 0 radical (unpaired) electrons. The molecule has 0 spiro atoms. The van der Waals surface area contributed by atoms with Crippen molar-refractivity contribution in [2.75, 3.05) is 46.0 Å². The second-order valence-corrected chi connectivity index (χ2v) is 8.10. The van der Waals surface area contributed by atoms with E-state index in [1.165, 1.54) is 5.56 Å². The fourth-order valence-electron chi connectivity index (χ4n) is 4.34. The van der Waals surface area contributed by atoms with E-state index in [1.807, 2.05) is 41.3 Å². The Labute approximate surface area is 182 Å². The Hall–Kier alpha value is -2.80. The Morgan fingerprint density at radius 2 is 1.74 bits per heavy atom. The monoisotopic (exact) mass is 417 g/mol. The van der Waals surface area contributed by atoms with Crippen LogP contribution in [0.2, 0.25) is 0 Å². The van der Waals surface area contributed by atoms with Gasteiger partial charge in [-0.1, -0.05) is 48.5 Å². The Bertz CT molecular complexity index is 1050. The van der Waals surface area contributed by atoms with Gasteiger partial charge < -0.3 is 14.4 Å². The topological polar surface area (TPSA) is 54.9 Å². The number of hydrogen-bond acceptors (Lipinski definition) is 5. The first-order chi connectivity index (χ1) is 15.3. The van der Waals surface area contributed by atoms with Crippen LogP contribution in [0.25, 0.3) is 10.9 Å². The summed E-state index contributed by atoms with van der Waals surface area (Å²) >= 11 is 0. The van der Waals surface area contributed by atoms with Crippen LogP contribution in [0, 0.1) is 0 Å². The summed E-state index contributed by atoms with van der Waals surface area (Å²) in [6, 6.07) is 20.3. The van der Waals surface area contributed by atoms with Crippen molar-refractivity contribution in [1.29, 1.82) is 0 Å². The van der Waals surface area contributed by atoms with Crippen LogP contribution in [0.15, 0.2) is 60.7 Å². The van der Waals surface area contributed by atoms with E-state index >= 15 is 0 Å². The quantitative estimate of drug-likeness (QED) is 0.652. The summed E-state index contributed by atoms with van der Waals surface area (Å²) in [7, 11) is 0. The minimum atomic E-state index is -0.154. The smallest absolute Gasteiger partial charge is 0.254 e. The molecular formula is C25H27N3O3. The number of pyridine rings is 1. The molecule has 6 heteroatoms. The number of fused-ring (bicyclic) bond motifs is 1. The molecule has 1 aromatic heterocycles. The van der Waals surface area contributed by atoms with Crippen LogP contribution in [0.1, 0.15) is 27.7 Å². The first kappa shape index (κ1) is 20.1. The minimum Gasteiger partial charge on any atom is -0.378 e. The van der Waals surface area contributed by atoms with Crippen LogP contribution in [-0.4, -0.2) is 66.7 Å². The van der Waals surface area contributed by atoms with Crippen LogP contribution < -0.4 is 0 Å². The lowest BCUT2D eigenvalue weighted by Crippen LogP contribution is -2.41. The first-order valence-corrected chi connectivity index (χ1v) is 10.9. The van der Waals surface area contributed by atoms with Crippen molar-refractivity contribution >= 4 is 16.8 Å². The van der Waals surface area contributed by atoms with Crippen molar-refractivity contribution in [2.45, 2.75) is 12.6 Å². The number of amides is 1. The Kier molecular flexibility index (Phi) is 5.93. The predicted octanol–water partition coefficient (Wildman–Crippen LogP) is 3.28. The number of carbonyl (C=O) groups excluding carboxylic acids is 1. The third kappa shape index (κ3) is 4.46. The van der Waals surface area contributed by atoms with Crippen molar-refractivity contribution in [3.05, 3.63) is 77.5 Å². The van der Waals surface area contributed by atoms with Crippen molar-refractivity contribution < 1.29 is 14.3 Å². The molecule has 6 nitrogen and oxygen atoms in total. The standard InChI is InChI=1S/C25H27N3O3/c29-25(28-11-13-30-14-12-28)21-16-23(26-22-9-5-4-8-20(21)22)24-18-27(10-15-31-24)17-19-6-2-1-3-7-19/h1-9,16,24H,10-15,17-18H2/t24-/m1/s1. The first-order valence-electron chi connectivity index (χ1n) is 10.9. The van der Waals surface area contributed by atoms with Crippen LogP contribution in [0.4, 0.5) is 0 Å². The zero-order valence-corrected chi connectivity index (χ0v) is 17.6. The number of hydrogen-bond donors (Lipinski definition) is 0. The highest BCUT2D eigenvalue weighted by atomic mass is 16.5. The second kappa shape index (κ2) is 9.14. The van der Waals surface area contributed by atoms with Crippen molar-refractivity contribution in [3.63, 3.8) is 0 Å². The lowest BCUT2D eigenvalue weighted by Gasteiger charge is -2.33. The molecule has 0 saturated carbocycles. The van der Waals surface area contributed by atoms with Gasteiger partial charge in [-0.3, -0.25) is 9.69 Å². The predicted molar refractivity (Wildman–Crippen MR) is 119 cm³/mol. The number of carbonyl (C=O) groups is 1. The van der Waals surface area contributed by atoms with E-state index in [1.54, 1.807) is 0 Å². The molecule has 1 atom stereocenters. The molecule has 3 heterocycles. The average Bonchev–Trinajstić information content (AvgIpc) is 2.84. The number of benzene rings is 2. The van der Waals surface area contributed by atoms with Gasteiger partial charge in [0.25, 0.3) is 5.91 Å². The third-order valence-corrected chi connectivity index (χ3v) is 5.99. The average molecular weight is 418 g/mol. The lowest BCUT2D eigenvalue weighted by atomic mass is 10.0. The van der Waals surface area contributed by atoms with Gasteiger partial charge in [-0.15, -0.1) is 0 Å². The van der Waals surface area contributed by atoms with E-state index in [4.69, 9.17) is 14.5 Å². The number of nitrogens with zero attached hydrogens (tertiary/aromatic N) is 3. The van der Waals surface area contributed by atoms with Gasteiger partial charge in [-0.05, 0) is 17.7 Å². The molecule has 1 amide bonds. The molecule has 2 aliphatic heterocycles. The summed E-state index contributed by atoms with van der Waals surface area (Å²) in [6.45, 7) is 5.59. The molecule has 2 saturated heterocycles. The second-order valence-electron chi connectivity index (χ2n) is 8.10. The molecule has 2 aliphatic rings. The minimum absolute atomic E-state index is 0.0418. The molecule has 2 fully saturated rings. The Morgan fingerprint density at radius 1 is 0.968 bits per heavy atom. The summed E-state index contributed by atoms with van der Waals surface area (Å²) in [6.07, 6.45) is -0.154. The van der Waals surface area contributed by atoms with Gasteiger partial charge in [0, 0.05) is 38.1 Å². The molecular weight excluding hydrogens is 390 g/mol. The number of morpholine rings is 2. The number of aromatic nitrogens is 1. The molecule has 160 valence electrons. The molecule has 5 rings (SSSR count). The number of para-hydroxylation sites is 1. The number of rotatable bonds is 4. The lowest BCUT2D eigenvalue weighted by molar-refractivity contribution is -0.0348. The number of ether oxygens (including phenoxy) is 2. The van der Waals surface area contributed by atoms with Gasteiger partial charge >= 0.3 is 0 Å². The third-order valence-electron chi connectivity index (χ3n) is 5.99. The fourth-order valence-corrected chi connectivity index (χ4v) is 4.34. The highest BCUT2D eigenvalue weighted by molar-refractivity contribution is 6.06. The maximum atomic E-state index is 13.3. The van der Waals surface area contributed by atoms with E-state index in [-0.39, 0.29) is 12.0 Å². The summed E-state index contributed by atoms with van der Waals surface area (Å²) < 4.78 is 11.5. The van der Waals surface area contributed by atoms with Crippen LogP contribution in [0.3, 0.4) is 0 Å². The van der Waals surface area contributed by atoms with E-state index < -0.39 is 0 Å². The van der Waals surface area contributed by atoms with Gasteiger partial charge in [0.15, 0.2) is 0 Å². The molecule has 0 aliphatic carbocycles. The Morgan fingerprint density at radius 3 is 2.58 bits per heavy atom. The molecule has 0 bridgehead atoms. The van der Waals surface area contributed by atoms with Crippen LogP contribution >= 0.6 is 0 Å². The SMILES string of the molecule is O=C(c1cc([C@H]2CN(Cc3ccccc3)CCO2)nc2ccccc12)N1CCOCC1. The normalized spacial score (nSPS) is 20.1. The highest BCUT2D eigenvalue weighted by Gasteiger charge is 2.27. The van der Waals surface area contributed by atoms with Crippen LogP contribution in [-0.2, 0) is 16.0 Å². The van der Waals surface area contributed by atoms with E-state index in [0.717, 1.165) is 36.2 Å². The fraction of sp³-hybridized carbons (Fsp3) is 0.360. The molecule has 0 unspecified atom stereocenters. The summed E-state index contributed by atoms with van der Waals surface area (Å²) in [4.78, 5) is 22.5. The largest absolute Gasteiger partial charge is 0.378 e. The van der Waals surface area contributed by atoms with E-state index in [0.29, 0.717) is 38.5 Å². The van der Waals surface area contributed by atoms with Crippen LogP contribution in [0.5, 0.6) is 0 Å². The molecule has 31 heavy (non-hydrogen) atoms. The van der Waals surface area contributed by atoms with E-state index in [2.05, 4.69) is 29.2 Å².